The van der Waals surface area contributed by atoms with Gasteiger partial charge in [-0.25, -0.2) is 0 Å². The lowest BCUT2D eigenvalue weighted by atomic mass is 10.0. The van der Waals surface area contributed by atoms with Crippen LogP contribution >= 0.6 is 11.5 Å². The van der Waals surface area contributed by atoms with Crippen molar-refractivity contribution in [3.05, 3.63) is 45.5 Å². The van der Waals surface area contributed by atoms with Gasteiger partial charge in [0, 0.05) is 6.42 Å². The summed E-state index contributed by atoms with van der Waals surface area (Å²) in [5.41, 5.74) is 4.51. The monoisotopic (exact) mass is 248 g/mol. The maximum absolute atomic E-state index is 10.1. The first-order valence-electron chi connectivity index (χ1n) is 5.61. The Labute approximate surface area is 105 Å². The molecular formula is C13H16N2OS. The molecule has 2 rings (SSSR count). The quantitative estimate of drug-likeness (QED) is 0.908. The molecule has 1 unspecified atom stereocenters. The minimum Gasteiger partial charge on any atom is -0.387 e. The molecule has 1 aromatic heterocycles. The smallest absolute Gasteiger partial charge is 0.0957 e. The number of aromatic nitrogens is 2. The van der Waals surface area contributed by atoms with Gasteiger partial charge in [-0.1, -0.05) is 22.7 Å². The SMILES string of the molecule is Cc1ccc(CC(O)c2snnc2C)cc1C. The first kappa shape index (κ1) is 12.2. The molecule has 3 nitrogen and oxygen atoms in total. The highest BCUT2D eigenvalue weighted by Crippen LogP contribution is 2.24. The van der Waals surface area contributed by atoms with E-state index in [9.17, 15) is 5.11 Å². The van der Waals surface area contributed by atoms with Gasteiger partial charge in [-0.15, -0.1) is 5.10 Å². The highest BCUT2D eigenvalue weighted by molar-refractivity contribution is 7.05. The van der Waals surface area contributed by atoms with Gasteiger partial charge in [0.25, 0.3) is 0 Å². The zero-order chi connectivity index (χ0) is 12.4. The fourth-order valence-electron chi connectivity index (χ4n) is 1.79. The van der Waals surface area contributed by atoms with E-state index in [-0.39, 0.29) is 0 Å². The first-order chi connectivity index (χ1) is 8.08. The third-order valence-corrected chi connectivity index (χ3v) is 3.92. The fourth-order valence-corrected chi connectivity index (χ4v) is 2.42. The number of aliphatic hydroxyl groups excluding tert-OH is 1. The van der Waals surface area contributed by atoms with Crippen LogP contribution in [0.25, 0.3) is 0 Å². The Morgan fingerprint density at radius 1 is 1.24 bits per heavy atom. The largest absolute Gasteiger partial charge is 0.387 e. The van der Waals surface area contributed by atoms with Crippen molar-refractivity contribution in [3.63, 3.8) is 0 Å². The fraction of sp³-hybridized carbons (Fsp3) is 0.385. The van der Waals surface area contributed by atoms with Crippen LogP contribution in [0.4, 0.5) is 0 Å². The zero-order valence-electron chi connectivity index (χ0n) is 10.3. The van der Waals surface area contributed by atoms with Gasteiger partial charge >= 0.3 is 0 Å². The van der Waals surface area contributed by atoms with Crippen LogP contribution in [0.5, 0.6) is 0 Å². The van der Waals surface area contributed by atoms with Crippen molar-refractivity contribution < 1.29 is 5.11 Å². The van der Waals surface area contributed by atoms with Crippen LogP contribution in [0.2, 0.25) is 0 Å². The van der Waals surface area contributed by atoms with E-state index in [1.165, 1.54) is 22.7 Å². The summed E-state index contributed by atoms with van der Waals surface area (Å²) in [6.07, 6.45) is 0.114. The van der Waals surface area contributed by atoms with E-state index >= 15 is 0 Å². The first-order valence-corrected chi connectivity index (χ1v) is 6.38. The summed E-state index contributed by atoms with van der Waals surface area (Å²) in [5, 5.41) is 14.1. The molecule has 0 bridgehead atoms. The molecule has 0 aliphatic heterocycles. The van der Waals surface area contributed by atoms with Crippen molar-refractivity contribution in [2.45, 2.75) is 33.3 Å². The standard InChI is InChI=1S/C13H16N2OS/c1-8-4-5-11(6-9(8)2)7-12(16)13-10(3)14-15-17-13/h4-6,12,16H,7H2,1-3H3. The van der Waals surface area contributed by atoms with Crippen molar-refractivity contribution in [2.24, 2.45) is 0 Å². The molecule has 1 aromatic carbocycles. The summed E-state index contributed by atoms with van der Waals surface area (Å²) in [4.78, 5) is 0.864. The number of hydrogen-bond acceptors (Lipinski definition) is 4. The van der Waals surface area contributed by atoms with E-state index < -0.39 is 6.10 Å². The molecule has 0 spiro atoms. The molecule has 0 amide bonds. The Morgan fingerprint density at radius 3 is 2.59 bits per heavy atom. The van der Waals surface area contributed by atoms with Crippen LogP contribution in [0.3, 0.4) is 0 Å². The van der Waals surface area contributed by atoms with Crippen LogP contribution in [-0.4, -0.2) is 14.7 Å². The minimum atomic E-state index is -0.503. The van der Waals surface area contributed by atoms with Gasteiger partial charge in [-0.05, 0) is 49.0 Å². The van der Waals surface area contributed by atoms with Crippen molar-refractivity contribution in [3.8, 4) is 0 Å². The van der Waals surface area contributed by atoms with Gasteiger partial charge in [-0.2, -0.15) is 0 Å². The van der Waals surface area contributed by atoms with Crippen molar-refractivity contribution in [2.75, 3.05) is 0 Å². The topological polar surface area (TPSA) is 46.0 Å². The van der Waals surface area contributed by atoms with Crippen LogP contribution in [0.15, 0.2) is 18.2 Å². The number of nitrogens with zero attached hydrogens (tertiary/aromatic N) is 2. The summed E-state index contributed by atoms with van der Waals surface area (Å²) < 4.78 is 3.85. The molecule has 2 aromatic rings. The van der Waals surface area contributed by atoms with Gasteiger partial charge in [0.05, 0.1) is 16.7 Å². The van der Waals surface area contributed by atoms with Crippen molar-refractivity contribution in [1.82, 2.24) is 9.59 Å². The van der Waals surface area contributed by atoms with Crippen LogP contribution < -0.4 is 0 Å². The Kier molecular flexibility index (Phi) is 3.54. The highest BCUT2D eigenvalue weighted by atomic mass is 32.1. The lowest BCUT2D eigenvalue weighted by Crippen LogP contribution is -2.02. The molecule has 0 saturated carbocycles. The minimum absolute atomic E-state index is 0.503. The Bertz CT molecular complexity index is 522. The molecule has 0 aliphatic rings. The third-order valence-electron chi connectivity index (χ3n) is 2.99. The van der Waals surface area contributed by atoms with Crippen molar-refractivity contribution in [1.29, 1.82) is 0 Å². The number of hydrogen-bond donors (Lipinski definition) is 1. The summed E-state index contributed by atoms with van der Waals surface area (Å²) in [5.74, 6) is 0. The second-order valence-corrected chi connectivity index (χ2v) is 5.15. The molecule has 0 saturated heterocycles. The summed E-state index contributed by atoms with van der Waals surface area (Å²) >= 11 is 1.27. The van der Waals surface area contributed by atoms with Gasteiger partial charge in [0.1, 0.15) is 0 Å². The second-order valence-electron chi connectivity index (χ2n) is 4.36. The normalized spacial score (nSPS) is 12.7. The predicted octanol–water partition coefficient (Wildman–Crippen LogP) is 2.74. The maximum Gasteiger partial charge on any atom is 0.0957 e. The molecule has 0 aliphatic carbocycles. The Balaban J connectivity index is 2.16. The number of aliphatic hydroxyl groups is 1. The lowest BCUT2D eigenvalue weighted by molar-refractivity contribution is 0.181. The third kappa shape index (κ3) is 2.70. The van der Waals surface area contributed by atoms with E-state index in [4.69, 9.17) is 0 Å². The lowest BCUT2D eigenvalue weighted by Gasteiger charge is -2.10. The van der Waals surface area contributed by atoms with E-state index in [1.54, 1.807) is 0 Å². The van der Waals surface area contributed by atoms with Crippen LogP contribution in [0.1, 0.15) is 33.4 Å². The average molecular weight is 248 g/mol. The number of rotatable bonds is 3. The molecule has 1 heterocycles. The maximum atomic E-state index is 10.1. The molecule has 1 N–H and O–H groups in total. The molecule has 90 valence electrons. The molecule has 4 heteroatoms. The Hall–Kier alpha value is -1.26. The molecule has 1 atom stereocenters. The van der Waals surface area contributed by atoms with Crippen LogP contribution in [-0.2, 0) is 6.42 Å². The van der Waals surface area contributed by atoms with Gasteiger partial charge in [0.15, 0.2) is 0 Å². The van der Waals surface area contributed by atoms with Crippen LogP contribution in [0, 0.1) is 20.8 Å². The van der Waals surface area contributed by atoms with E-state index in [0.29, 0.717) is 6.42 Å². The van der Waals surface area contributed by atoms with Gasteiger partial charge < -0.3 is 5.11 Å². The number of benzene rings is 1. The van der Waals surface area contributed by atoms with E-state index in [0.717, 1.165) is 16.1 Å². The summed E-state index contributed by atoms with van der Waals surface area (Å²) in [6.45, 7) is 6.06. The number of aryl methyl sites for hydroxylation is 3. The Morgan fingerprint density at radius 2 is 2.00 bits per heavy atom. The van der Waals surface area contributed by atoms with Crippen molar-refractivity contribution >= 4 is 11.5 Å². The van der Waals surface area contributed by atoms with Gasteiger partial charge in [-0.3, -0.25) is 0 Å². The van der Waals surface area contributed by atoms with Gasteiger partial charge in [0.2, 0.25) is 0 Å². The zero-order valence-corrected chi connectivity index (χ0v) is 11.1. The highest BCUT2D eigenvalue weighted by Gasteiger charge is 2.14. The average Bonchev–Trinajstić information content (AvgIpc) is 2.70. The van der Waals surface area contributed by atoms with E-state index in [2.05, 4.69) is 41.6 Å². The molecule has 0 radical (unpaired) electrons. The summed E-state index contributed by atoms with van der Waals surface area (Å²) in [6, 6.07) is 6.28. The van der Waals surface area contributed by atoms with E-state index in [1.807, 2.05) is 6.92 Å². The molecule has 0 fully saturated rings. The molecular weight excluding hydrogens is 232 g/mol. The predicted molar refractivity (Wildman–Crippen MR) is 69.2 cm³/mol. The molecule has 17 heavy (non-hydrogen) atoms. The summed E-state index contributed by atoms with van der Waals surface area (Å²) in [7, 11) is 0. The second kappa shape index (κ2) is 4.94.